The molecule has 1 saturated carbocycles. The predicted molar refractivity (Wildman–Crippen MR) is 54.2 cm³/mol. The molecular formula is C12H13N. The summed E-state index contributed by atoms with van der Waals surface area (Å²) >= 11 is 0. The minimum atomic E-state index is 0.362. The first-order valence-corrected chi connectivity index (χ1v) is 4.91. The molecule has 66 valence electrons. The first-order valence-electron chi connectivity index (χ1n) is 4.91. The van der Waals surface area contributed by atoms with E-state index >= 15 is 0 Å². The van der Waals surface area contributed by atoms with E-state index in [0.717, 1.165) is 12.5 Å². The second-order valence-electron chi connectivity index (χ2n) is 4.16. The number of fused-ring (bicyclic) bond motifs is 1. The van der Waals surface area contributed by atoms with E-state index in [9.17, 15) is 0 Å². The molecule has 0 bridgehead atoms. The van der Waals surface area contributed by atoms with Gasteiger partial charge in [-0.05, 0) is 24.8 Å². The van der Waals surface area contributed by atoms with E-state index in [4.69, 9.17) is 0 Å². The Hall–Kier alpha value is -1.11. The molecule has 1 aliphatic heterocycles. The van der Waals surface area contributed by atoms with Crippen LogP contribution in [0.3, 0.4) is 0 Å². The molecule has 0 spiro atoms. The van der Waals surface area contributed by atoms with E-state index in [1.54, 1.807) is 0 Å². The maximum atomic E-state index is 4.53. The molecule has 0 amide bonds. The van der Waals surface area contributed by atoms with E-state index in [-0.39, 0.29) is 0 Å². The second-order valence-corrected chi connectivity index (χ2v) is 4.16. The van der Waals surface area contributed by atoms with Crippen molar-refractivity contribution in [2.75, 3.05) is 6.54 Å². The highest BCUT2D eigenvalue weighted by Crippen LogP contribution is 2.58. The maximum absolute atomic E-state index is 4.53. The SMILES string of the molecule is CC1=NC[C@@H]2C[C@]12c1ccccc1. The monoisotopic (exact) mass is 171 g/mol. The Kier molecular flexibility index (Phi) is 1.25. The Balaban J connectivity index is 2.08. The van der Waals surface area contributed by atoms with Gasteiger partial charge in [-0.25, -0.2) is 0 Å². The number of rotatable bonds is 1. The number of benzene rings is 1. The zero-order chi connectivity index (χ0) is 8.89. The number of aliphatic imine (C=N–C) groups is 1. The van der Waals surface area contributed by atoms with Crippen LogP contribution in [0.1, 0.15) is 18.9 Å². The summed E-state index contributed by atoms with van der Waals surface area (Å²) in [6, 6.07) is 10.8. The maximum Gasteiger partial charge on any atom is 0.0429 e. The zero-order valence-corrected chi connectivity index (χ0v) is 7.83. The first kappa shape index (κ1) is 7.31. The highest BCUT2D eigenvalue weighted by atomic mass is 14.9. The molecule has 2 aliphatic rings. The lowest BCUT2D eigenvalue weighted by Crippen LogP contribution is -2.16. The molecule has 1 aromatic rings. The number of hydrogen-bond donors (Lipinski definition) is 0. The van der Waals surface area contributed by atoms with Crippen LogP contribution in [0.4, 0.5) is 0 Å². The van der Waals surface area contributed by atoms with Crippen LogP contribution in [0.5, 0.6) is 0 Å². The number of nitrogens with zero attached hydrogens (tertiary/aromatic N) is 1. The molecule has 0 unspecified atom stereocenters. The van der Waals surface area contributed by atoms with Crippen LogP contribution in [0.2, 0.25) is 0 Å². The van der Waals surface area contributed by atoms with Crippen molar-refractivity contribution in [1.82, 2.24) is 0 Å². The number of hydrogen-bond acceptors (Lipinski definition) is 1. The third-order valence-corrected chi connectivity index (χ3v) is 3.59. The fraction of sp³-hybridized carbons (Fsp3) is 0.417. The van der Waals surface area contributed by atoms with Crippen molar-refractivity contribution in [1.29, 1.82) is 0 Å². The standard InChI is InChI=1S/C12H13N/c1-9-12(7-11(12)8-13-9)10-5-3-2-4-6-10/h2-6,11H,7-8H2,1H3/t11-,12+/m0/s1. The summed E-state index contributed by atoms with van der Waals surface area (Å²) in [5, 5.41) is 0. The van der Waals surface area contributed by atoms with Crippen LogP contribution < -0.4 is 0 Å². The highest BCUT2D eigenvalue weighted by Gasteiger charge is 2.59. The van der Waals surface area contributed by atoms with E-state index in [0.29, 0.717) is 5.41 Å². The lowest BCUT2D eigenvalue weighted by atomic mass is 9.90. The highest BCUT2D eigenvalue weighted by molar-refractivity contribution is 5.98. The normalized spacial score (nSPS) is 35.5. The zero-order valence-electron chi connectivity index (χ0n) is 7.83. The molecule has 2 atom stereocenters. The van der Waals surface area contributed by atoms with Crippen LogP contribution in [-0.4, -0.2) is 12.3 Å². The minimum Gasteiger partial charge on any atom is -0.293 e. The summed E-state index contributed by atoms with van der Waals surface area (Å²) in [6.07, 6.45) is 1.33. The summed E-state index contributed by atoms with van der Waals surface area (Å²) < 4.78 is 0. The second kappa shape index (κ2) is 2.22. The smallest absolute Gasteiger partial charge is 0.0429 e. The van der Waals surface area contributed by atoms with Gasteiger partial charge in [-0.1, -0.05) is 30.3 Å². The summed E-state index contributed by atoms with van der Waals surface area (Å²) in [7, 11) is 0. The average Bonchev–Trinajstić information content (AvgIpc) is 2.84. The van der Waals surface area contributed by atoms with Gasteiger partial charge in [0.1, 0.15) is 0 Å². The van der Waals surface area contributed by atoms with Crippen LogP contribution in [0, 0.1) is 5.92 Å². The van der Waals surface area contributed by atoms with Crippen molar-refractivity contribution in [3.63, 3.8) is 0 Å². The summed E-state index contributed by atoms with van der Waals surface area (Å²) in [6.45, 7) is 3.24. The van der Waals surface area contributed by atoms with Crippen molar-refractivity contribution in [3.8, 4) is 0 Å². The summed E-state index contributed by atoms with van der Waals surface area (Å²) in [5.41, 5.74) is 3.18. The first-order chi connectivity index (χ1) is 6.34. The van der Waals surface area contributed by atoms with E-state index in [1.807, 2.05) is 0 Å². The van der Waals surface area contributed by atoms with Crippen LogP contribution >= 0.6 is 0 Å². The molecule has 13 heavy (non-hydrogen) atoms. The molecule has 1 heterocycles. The van der Waals surface area contributed by atoms with E-state index in [1.165, 1.54) is 17.7 Å². The molecule has 1 aliphatic carbocycles. The Morgan fingerprint density at radius 1 is 1.31 bits per heavy atom. The van der Waals surface area contributed by atoms with Crippen molar-refractivity contribution < 1.29 is 0 Å². The third-order valence-electron chi connectivity index (χ3n) is 3.59. The Bertz CT molecular complexity index is 366. The Morgan fingerprint density at radius 3 is 2.62 bits per heavy atom. The van der Waals surface area contributed by atoms with Crippen molar-refractivity contribution in [2.24, 2.45) is 10.9 Å². The molecular weight excluding hydrogens is 158 g/mol. The summed E-state index contributed by atoms with van der Waals surface area (Å²) in [4.78, 5) is 4.53. The van der Waals surface area contributed by atoms with Gasteiger partial charge in [-0.15, -0.1) is 0 Å². The molecule has 0 N–H and O–H groups in total. The molecule has 1 nitrogen and oxygen atoms in total. The molecule has 3 rings (SSSR count). The quantitative estimate of drug-likeness (QED) is 0.615. The molecule has 0 aromatic heterocycles. The molecule has 1 aromatic carbocycles. The molecule has 0 radical (unpaired) electrons. The van der Waals surface area contributed by atoms with Crippen molar-refractivity contribution >= 4 is 5.71 Å². The van der Waals surface area contributed by atoms with Gasteiger partial charge in [-0.3, -0.25) is 4.99 Å². The van der Waals surface area contributed by atoms with Gasteiger partial charge in [0, 0.05) is 17.7 Å². The predicted octanol–water partition coefficient (Wildman–Crippen LogP) is 2.42. The van der Waals surface area contributed by atoms with Gasteiger partial charge >= 0.3 is 0 Å². The fourth-order valence-electron chi connectivity index (χ4n) is 2.68. The largest absolute Gasteiger partial charge is 0.293 e. The Labute approximate surface area is 78.5 Å². The Morgan fingerprint density at radius 2 is 2.08 bits per heavy atom. The third kappa shape index (κ3) is 0.796. The van der Waals surface area contributed by atoms with Crippen LogP contribution in [0.25, 0.3) is 0 Å². The minimum absolute atomic E-state index is 0.362. The lowest BCUT2D eigenvalue weighted by molar-refractivity contribution is 0.811. The van der Waals surface area contributed by atoms with Gasteiger partial charge in [0.05, 0.1) is 0 Å². The van der Waals surface area contributed by atoms with Crippen molar-refractivity contribution in [3.05, 3.63) is 35.9 Å². The van der Waals surface area contributed by atoms with Gasteiger partial charge in [0.25, 0.3) is 0 Å². The fourth-order valence-corrected chi connectivity index (χ4v) is 2.68. The van der Waals surface area contributed by atoms with Gasteiger partial charge < -0.3 is 0 Å². The van der Waals surface area contributed by atoms with E-state index in [2.05, 4.69) is 42.2 Å². The molecule has 1 fully saturated rings. The van der Waals surface area contributed by atoms with Crippen LogP contribution in [0.15, 0.2) is 35.3 Å². The van der Waals surface area contributed by atoms with Gasteiger partial charge in [0.15, 0.2) is 0 Å². The topological polar surface area (TPSA) is 12.4 Å². The van der Waals surface area contributed by atoms with Gasteiger partial charge in [0.2, 0.25) is 0 Å². The van der Waals surface area contributed by atoms with Crippen LogP contribution in [-0.2, 0) is 5.41 Å². The lowest BCUT2D eigenvalue weighted by Gasteiger charge is -2.12. The van der Waals surface area contributed by atoms with Gasteiger partial charge in [-0.2, -0.15) is 0 Å². The summed E-state index contributed by atoms with van der Waals surface area (Å²) in [5.74, 6) is 0.815. The molecule has 0 saturated heterocycles. The average molecular weight is 171 g/mol. The molecule has 1 heteroatoms. The van der Waals surface area contributed by atoms with E-state index < -0.39 is 0 Å². The van der Waals surface area contributed by atoms with Crippen molar-refractivity contribution in [2.45, 2.75) is 18.8 Å².